The van der Waals surface area contributed by atoms with Crippen molar-refractivity contribution in [1.29, 1.82) is 0 Å². The minimum atomic E-state index is -0.0457. The molecule has 122 valence electrons. The van der Waals surface area contributed by atoms with E-state index in [4.69, 9.17) is 0 Å². The Kier molecular flexibility index (Phi) is 4.41. The Hall–Kier alpha value is -1.85. The summed E-state index contributed by atoms with van der Waals surface area (Å²) in [7, 11) is 1.90. The summed E-state index contributed by atoms with van der Waals surface area (Å²) in [5, 5.41) is 7.51. The van der Waals surface area contributed by atoms with Gasteiger partial charge in [0.1, 0.15) is 5.65 Å². The number of nitrogens with one attached hydrogen (secondary N) is 1. The van der Waals surface area contributed by atoms with Crippen LogP contribution in [-0.2, 0) is 13.6 Å². The molecule has 3 heterocycles. The number of fused-ring (bicyclic) bond motifs is 3. The summed E-state index contributed by atoms with van der Waals surface area (Å²) < 4.78 is 1.79. The number of aromatic amines is 1. The zero-order chi connectivity index (χ0) is 15.1. The van der Waals surface area contributed by atoms with Gasteiger partial charge in [-0.05, 0) is 32.0 Å². The molecule has 6 heteroatoms. The lowest BCUT2D eigenvalue weighted by atomic mass is 10.1. The van der Waals surface area contributed by atoms with Gasteiger partial charge in [0, 0.05) is 29.8 Å². The van der Waals surface area contributed by atoms with Crippen molar-refractivity contribution in [3.63, 3.8) is 0 Å². The largest absolute Gasteiger partial charge is 0.306 e. The lowest BCUT2D eigenvalue weighted by Gasteiger charge is -2.25. The monoisotopic (exact) mass is 332 g/mol. The van der Waals surface area contributed by atoms with Crippen molar-refractivity contribution in [2.24, 2.45) is 7.05 Å². The van der Waals surface area contributed by atoms with Crippen molar-refractivity contribution in [3.05, 3.63) is 40.3 Å². The molecule has 0 radical (unpaired) electrons. The van der Waals surface area contributed by atoms with Crippen molar-refractivity contribution in [1.82, 2.24) is 19.7 Å². The van der Waals surface area contributed by atoms with Gasteiger partial charge in [-0.3, -0.25) is 14.4 Å². The third kappa shape index (κ3) is 2.75. The highest BCUT2D eigenvalue weighted by Gasteiger charge is 2.18. The van der Waals surface area contributed by atoms with Crippen molar-refractivity contribution >= 4 is 34.2 Å². The average Bonchev–Trinajstić information content (AvgIpc) is 2.85. The molecule has 1 saturated heterocycles. The Bertz CT molecular complexity index is 893. The van der Waals surface area contributed by atoms with Crippen LogP contribution in [0, 0.1) is 0 Å². The maximum atomic E-state index is 12.2. The zero-order valence-electron chi connectivity index (χ0n) is 13.2. The zero-order valence-corrected chi connectivity index (χ0v) is 14.0. The van der Waals surface area contributed by atoms with Crippen LogP contribution in [0.25, 0.3) is 21.8 Å². The number of pyridine rings is 1. The number of H-pyrrole nitrogens is 1. The van der Waals surface area contributed by atoms with Crippen LogP contribution >= 0.6 is 12.4 Å². The molecule has 0 unspecified atom stereocenters. The fraction of sp³-hybridized carbons (Fsp3) is 0.412. The maximum absolute atomic E-state index is 12.2. The highest BCUT2D eigenvalue weighted by molar-refractivity contribution is 6.05. The van der Waals surface area contributed by atoms with Crippen LogP contribution in [0.2, 0.25) is 0 Å². The van der Waals surface area contributed by atoms with Gasteiger partial charge >= 0.3 is 0 Å². The minimum Gasteiger partial charge on any atom is -0.306 e. The first-order valence-electron chi connectivity index (χ1n) is 7.93. The van der Waals surface area contributed by atoms with Crippen LogP contribution in [0.4, 0.5) is 0 Å². The molecule has 1 aliphatic rings. The Morgan fingerprint density at radius 3 is 2.57 bits per heavy atom. The molecule has 3 aromatic rings. The van der Waals surface area contributed by atoms with E-state index in [1.807, 2.05) is 31.3 Å². The molecule has 1 aromatic carbocycles. The Morgan fingerprint density at radius 2 is 1.83 bits per heavy atom. The van der Waals surface area contributed by atoms with Crippen molar-refractivity contribution in [2.75, 3.05) is 13.1 Å². The number of aromatic nitrogens is 3. The molecule has 4 rings (SSSR count). The molecule has 23 heavy (non-hydrogen) atoms. The fourth-order valence-electron chi connectivity index (χ4n) is 3.52. The molecule has 0 atom stereocenters. The van der Waals surface area contributed by atoms with E-state index < -0.39 is 0 Å². The molecule has 0 spiro atoms. The number of hydrogen-bond acceptors (Lipinski definition) is 3. The predicted octanol–water partition coefficient (Wildman–Crippen LogP) is 2.82. The van der Waals surface area contributed by atoms with Crippen LogP contribution in [-0.4, -0.2) is 32.8 Å². The minimum absolute atomic E-state index is 0. The molecule has 0 amide bonds. The first-order chi connectivity index (χ1) is 10.7. The van der Waals surface area contributed by atoms with E-state index in [2.05, 4.69) is 15.0 Å². The van der Waals surface area contributed by atoms with E-state index in [9.17, 15) is 4.79 Å². The predicted molar refractivity (Wildman–Crippen MR) is 95.2 cm³/mol. The van der Waals surface area contributed by atoms with Gasteiger partial charge in [0.25, 0.3) is 5.56 Å². The van der Waals surface area contributed by atoms with E-state index in [-0.39, 0.29) is 18.0 Å². The lowest BCUT2D eigenvalue weighted by Crippen LogP contribution is -2.29. The third-order valence-corrected chi connectivity index (χ3v) is 4.61. The second kappa shape index (κ2) is 6.34. The van der Waals surface area contributed by atoms with Gasteiger partial charge in [-0.2, -0.15) is 5.10 Å². The molecular weight excluding hydrogens is 312 g/mol. The normalized spacial score (nSPS) is 15.9. The van der Waals surface area contributed by atoms with Crippen molar-refractivity contribution in [3.8, 4) is 0 Å². The molecule has 0 saturated carbocycles. The summed E-state index contributed by atoms with van der Waals surface area (Å²) in [6, 6.07) is 7.79. The molecule has 2 aromatic heterocycles. The number of piperidine rings is 1. The Balaban J connectivity index is 0.00000156. The molecule has 1 N–H and O–H groups in total. The molecule has 0 bridgehead atoms. The molecule has 0 aliphatic carbocycles. The first-order valence-corrected chi connectivity index (χ1v) is 7.93. The fourth-order valence-corrected chi connectivity index (χ4v) is 3.52. The topological polar surface area (TPSA) is 53.9 Å². The molecular formula is C17H21ClN4O. The summed E-state index contributed by atoms with van der Waals surface area (Å²) in [5.74, 6) is 0. The van der Waals surface area contributed by atoms with Gasteiger partial charge < -0.3 is 4.98 Å². The quantitative estimate of drug-likeness (QED) is 0.785. The smallest absolute Gasteiger partial charge is 0.257 e. The van der Waals surface area contributed by atoms with Crippen LogP contribution < -0.4 is 5.56 Å². The van der Waals surface area contributed by atoms with E-state index in [1.165, 1.54) is 19.3 Å². The Labute approximate surface area is 140 Å². The standard InChI is InChI=1S/C17H20N4O.ClH/c1-20-16-15(12-7-3-4-8-13(12)17(22)18-16)14(19-20)11-21-9-5-2-6-10-21;/h3-4,7-8H,2,5-6,9-11H2,1H3,(H,18,22);1H. The maximum Gasteiger partial charge on any atom is 0.257 e. The molecule has 1 fully saturated rings. The van der Waals surface area contributed by atoms with Gasteiger partial charge in [0.15, 0.2) is 0 Å². The van der Waals surface area contributed by atoms with Crippen LogP contribution in [0.1, 0.15) is 25.0 Å². The summed E-state index contributed by atoms with van der Waals surface area (Å²) in [4.78, 5) is 17.7. The summed E-state index contributed by atoms with van der Waals surface area (Å²) >= 11 is 0. The van der Waals surface area contributed by atoms with Gasteiger partial charge in [0.05, 0.1) is 5.69 Å². The first kappa shape index (κ1) is 16.0. The summed E-state index contributed by atoms with van der Waals surface area (Å²) in [6.45, 7) is 3.13. The van der Waals surface area contributed by atoms with Crippen LogP contribution in [0.15, 0.2) is 29.1 Å². The molecule has 5 nitrogen and oxygen atoms in total. The van der Waals surface area contributed by atoms with Crippen molar-refractivity contribution < 1.29 is 0 Å². The SMILES string of the molecule is Cl.Cn1nc(CN2CCCCC2)c2c3ccccc3c(=O)[nH]c21. The highest BCUT2D eigenvalue weighted by Crippen LogP contribution is 2.25. The van der Waals surface area contributed by atoms with Gasteiger partial charge in [-0.1, -0.05) is 24.6 Å². The summed E-state index contributed by atoms with van der Waals surface area (Å²) in [5.41, 5.74) is 1.83. The number of aryl methyl sites for hydroxylation is 1. The Morgan fingerprint density at radius 1 is 1.13 bits per heavy atom. The number of halogens is 1. The van der Waals surface area contributed by atoms with Crippen molar-refractivity contribution in [2.45, 2.75) is 25.8 Å². The van der Waals surface area contributed by atoms with Crippen LogP contribution in [0.5, 0.6) is 0 Å². The third-order valence-electron chi connectivity index (χ3n) is 4.61. The summed E-state index contributed by atoms with van der Waals surface area (Å²) in [6.07, 6.45) is 3.86. The average molecular weight is 333 g/mol. The van der Waals surface area contributed by atoms with Gasteiger partial charge in [-0.25, -0.2) is 0 Å². The number of nitrogens with zero attached hydrogens (tertiary/aromatic N) is 3. The van der Waals surface area contributed by atoms with Gasteiger partial charge in [0.2, 0.25) is 0 Å². The van der Waals surface area contributed by atoms with E-state index in [0.717, 1.165) is 47.1 Å². The second-order valence-electron chi connectivity index (χ2n) is 6.13. The van der Waals surface area contributed by atoms with Gasteiger partial charge in [-0.15, -0.1) is 12.4 Å². The number of benzene rings is 1. The van der Waals surface area contributed by atoms with E-state index in [1.54, 1.807) is 4.68 Å². The van der Waals surface area contributed by atoms with Crippen LogP contribution in [0.3, 0.4) is 0 Å². The number of likely N-dealkylation sites (tertiary alicyclic amines) is 1. The van der Waals surface area contributed by atoms with E-state index in [0.29, 0.717) is 0 Å². The number of hydrogen-bond donors (Lipinski definition) is 1. The number of rotatable bonds is 2. The highest BCUT2D eigenvalue weighted by atomic mass is 35.5. The molecule has 1 aliphatic heterocycles. The lowest BCUT2D eigenvalue weighted by molar-refractivity contribution is 0.219. The van der Waals surface area contributed by atoms with E-state index >= 15 is 0 Å². The second-order valence-corrected chi connectivity index (χ2v) is 6.13.